The highest BCUT2D eigenvalue weighted by atomic mass is 19.1. The lowest BCUT2D eigenvalue weighted by molar-refractivity contribution is 0.0600. The van der Waals surface area contributed by atoms with Crippen molar-refractivity contribution >= 4 is 11.6 Å². The van der Waals surface area contributed by atoms with E-state index in [0.29, 0.717) is 16.8 Å². The molecule has 24 heavy (non-hydrogen) atoms. The van der Waals surface area contributed by atoms with Crippen LogP contribution in [0.2, 0.25) is 0 Å². The Hall–Kier alpha value is -2.69. The number of aryl methyl sites for hydroxylation is 3. The highest BCUT2D eigenvalue weighted by molar-refractivity contribution is 5.90. The SMILES string of the molecule is CCc1c(-c2c(C)cc(C(=O)OC)cc2F)nc2cc(C)ccn12. The molecule has 0 fully saturated rings. The molecule has 2 heterocycles. The highest BCUT2D eigenvalue weighted by Gasteiger charge is 2.20. The van der Waals surface area contributed by atoms with Gasteiger partial charge in [-0.3, -0.25) is 0 Å². The Morgan fingerprint density at radius 2 is 2.04 bits per heavy atom. The monoisotopic (exact) mass is 326 g/mol. The van der Waals surface area contributed by atoms with Gasteiger partial charge in [0.1, 0.15) is 11.5 Å². The molecule has 4 nitrogen and oxygen atoms in total. The third-order valence-electron chi connectivity index (χ3n) is 4.16. The number of imidazole rings is 1. The highest BCUT2D eigenvalue weighted by Crippen LogP contribution is 2.31. The zero-order valence-electron chi connectivity index (χ0n) is 14.2. The summed E-state index contributed by atoms with van der Waals surface area (Å²) in [5.41, 5.74) is 4.74. The van der Waals surface area contributed by atoms with Gasteiger partial charge in [-0.2, -0.15) is 0 Å². The molecule has 124 valence electrons. The zero-order valence-corrected chi connectivity index (χ0v) is 14.2. The Morgan fingerprint density at radius 1 is 1.29 bits per heavy atom. The van der Waals surface area contributed by atoms with Crippen molar-refractivity contribution < 1.29 is 13.9 Å². The van der Waals surface area contributed by atoms with Crippen molar-refractivity contribution in [3.05, 3.63) is 58.7 Å². The van der Waals surface area contributed by atoms with Crippen LogP contribution in [0.1, 0.15) is 34.1 Å². The third kappa shape index (κ3) is 2.56. The first-order valence-electron chi connectivity index (χ1n) is 7.82. The Bertz CT molecular complexity index is 921. The van der Waals surface area contributed by atoms with Crippen LogP contribution in [-0.2, 0) is 11.2 Å². The van der Waals surface area contributed by atoms with Crippen molar-refractivity contribution in [2.24, 2.45) is 0 Å². The molecule has 0 aliphatic rings. The molecule has 5 heteroatoms. The second-order valence-corrected chi connectivity index (χ2v) is 5.83. The molecule has 0 unspecified atom stereocenters. The number of halogens is 1. The van der Waals surface area contributed by atoms with Crippen LogP contribution in [0.5, 0.6) is 0 Å². The normalized spacial score (nSPS) is 11.0. The number of pyridine rings is 1. The summed E-state index contributed by atoms with van der Waals surface area (Å²) in [5, 5.41) is 0. The van der Waals surface area contributed by atoms with E-state index in [4.69, 9.17) is 0 Å². The lowest BCUT2D eigenvalue weighted by atomic mass is 10.00. The van der Waals surface area contributed by atoms with Crippen LogP contribution in [0.15, 0.2) is 30.5 Å². The molecule has 0 amide bonds. The third-order valence-corrected chi connectivity index (χ3v) is 4.16. The van der Waals surface area contributed by atoms with E-state index >= 15 is 0 Å². The van der Waals surface area contributed by atoms with Gasteiger partial charge in [0.05, 0.1) is 24.1 Å². The first-order chi connectivity index (χ1) is 11.5. The van der Waals surface area contributed by atoms with Crippen molar-refractivity contribution in [3.8, 4) is 11.3 Å². The molecule has 3 aromatic rings. The number of aromatic nitrogens is 2. The summed E-state index contributed by atoms with van der Waals surface area (Å²) >= 11 is 0. The number of rotatable bonds is 3. The van der Waals surface area contributed by atoms with Crippen LogP contribution >= 0.6 is 0 Å². The second-order valence-electron chi connectivity index (χ2n) is 5.83. The van der Waals surface area contributed by atoms with E-state index in [-0.39, 0.29) is 5.56 Å². The summed E-state index contributed by atoms with van der Waals surface area (Å²) in [5.74, 6) is -1.02. The molecule has 0 radical (unpaired) electrons. The maximum Gasteiger partial charge on any atom is 0.337 e. The zero-order chi connectivity index (χ0) is 17.4. The number of fused-ring (bicyclic) bond motifs is 1. The summed E-state index contributed by atoms with van der Waals surface area (Å²) in [6, 6.07) is 6.82. The molecule has 0 saturated carbocycles. The number of carbonyl (C=O) groups excluding carboxylic acids is 1. The number of ether oxygens (including phenoxy) is 1. The van der Waals surface area contributed by atoms with Crippen LogP contribution in [0.4, 0.5) is 4.39 Å². The Morgan fingerprint density at radius 3 is 2.67 bits per heavy atom. The molecule has 0 saturated heterocycles. The van der Waals surface area contributed by atoms with Gasteiger partial charge in [0.2, 0.25) is 0 Å². The van der Waals surface area contributed by atoms with E-state index in [1.165, 1.54) is 13.2 Å². The summed E-state index contributed by atoms with van der Waals surface area (Å²) in [7, 11) is 1.28. The fraction of sp³-hybridized carbons (Fsp3) is 0.263. The van der Waals surface area contributed by atoms with Gasteiger partial charge >= 0.3 is 5.97 Å². The number of hydrogen-bond acceptors (Lipinski definition) is 3. The molecular weight excluding hydrogens is 307 g/mol. The number of hydrogen-bond donors (Lipinski definition) is 0. The number of esters is 1. The Balaban J connectivity index is 2.26. The van der Waals surface area contributed by atoms with E-state index in [1.807, 2.05) is 36.6 Å². The molecule has 0 N–H and O–H groups in total. The minimum Gasteiger partial charge on any atom is -0.465 e. The van der Waals surface area contributed by atoms with Crippen molar-refractivity contribution in [1.82, 2.24) is 9.38 Å². The Kier molecular flexibility index (Phi) is 4.09. The van der Waals surface area contributed by atoms with Crippen molar-refractivity contribution in [3.63, 3.8) is 0 Å². The summed E-state index contributed by atoms with van der Waals surface area (Å²) in [4.78, 5) is 16.3. The molecule has 0 atom stereocenters. The number of nitrogens with zero attached hydrogens (tertiary/aromatic N) is 2. The van der Waals surface area contributed by atoms with Gasteiger partial charge in [-0.1, -0.05) is 6.92 Å². The van der Waals surface area contributed by atoms with Gasteiger partial charge in [-0.05, 0) is 55.7 Å². The molecule has 1 aromatic carbocycles. The second kappa shape index (κ2) is 6.07. The summed E-state index contributed by atoms with van der Waals surface area (Å²) in [6.07, 6.45) is 2.67. The summed E-state index contributed by atoms with van der Waals surface area (Å²) < 4.78 is 21.4. The van der Waals surface area contributed by atoms with Gasteiger partial charge in [0.15, 0.2) is 0 Å². The van der Waals surface area contributed by atoms with Crippen LogP contribution in [0.3, 0.4) is 0 Å². The smallest absolute Gasteiger partial charge is 0.337 e. The topological polar surface area (TPSA) is 43.6 Å². The number of methoxy groups -OCH3 is 1. The predicted molar refractivity (Wildman–Crippen MR) is 90.8 cm³/mol. The number of benzene rings is 1. The maximum absolute atomic E-state index is 14.8. The van der Waals surface area contributed by atoms with E-state index in [2.05, 4.69) is 9.72 Å². The lowest BCUT2D eigenvalue weighted by Gasteiger charge is -2.09. The van der Waals surface area contributed by atoms with Crippen LogP contribution < -0.4 is 0 Å². The lowest BCUT2D eigenvalue weighted by Crippen LogP contribution is -2.04. The van der Waals surface area contributed by atoms with E-state index in [0.717, 1.165) is 23.3 Å². The summed E-state index contributed by atoms with van der Waals surface area (Å²) in [6.45, 7) is 5.79. The predicted octanol–water partition coefficient (Wildman–Crippen LogP) is 4.11. The van der Waals surface area contributed by atoms with Gasteiger partial charge < -0.3 is 9.14 Å². The quantitative estimate of drug-likeness (QED) is 0.680. The first kappa shape index (κ1) is 16.2. The molecule has 0 aliphatic heterocycles. The largest absolute Gasteiger partial charge is 0.465 e. The van der Waals surface area contributed by atoms with Gasteiger partial charge in [-0.15, -0.1) is 0 Å². The Labute approximate surface area is 139 Å². The van der Waals surface area contributed by atoms with E-state index in [9.17, 15) is 9.18 Å². The minimum atomic E-state index is -0.551. The van der Waals surface area contributed by atoms with Crippen LogP contribution in [0, 0.1) is 19.7 Å². The van der Waals surface area contributed by atoms with Gasteiger partial charge in [0.25, 0.3) is 0 Å². The van der Waals surface area contributed by atoms with Crippen molar-refractivity contribution in [2.45, 2.75) is 27.2 Å². The minimum absolute atomic E-state index is 0.203. The molecular formula is C19H19FN2O2. The number of carbonyl (C=O) groups is 1. The molecule has 3 rings (SSSR count). The standard InChI is InChI=1S/C19H19FN2O2/c1-5-15-18(21-16-8-11(2)6-7-22(15)16)17-12(3)9-13(10-14(17)20)19(23)24-4/h6-10H,5H2,1-4H3. The fourth-order valence-electron chi connectivity index (χ4n) is 3.02. The van der Waals surface area contributed by atoms with Crippen molar-refractivity contribution in [1.29, 1.82) is 0 Å². The average Bonchev–Trinajstić information content (AvgIpc) is 2.90. The first-order valence-corrected chi connectivity index (χ1v) is 7.82. The molecule has 0 spiro atoms. The molecule has 0 aliphatic carbocycles. The molecule has 0 bridgehead atoms. The van der Waals surface area contributed by atoms with Gasteiger partial charge in [-0.25, -0.2) is 14.2 Å². The van der Waals surface area contributed by atoms with E-state index in [1.54, 1.807) is 13.0 Å². The van der Waals surface area contributed by atoms with Crippen molar-refractivity contribution in [2.75, 3.05) is 7.11 Å². The fourth-order valence-corrected chi connectivity index (χ4v) is 3.02. The molecule has 2 aromatic heterocycles. The van der Waals surface area contributed by atoms with E-state index < -0.39 is 11.8 Å². The van der Waals surface area contributed by atoms with Crippen LogP contribution in [0.25, 0.3) is 16.9 Å². The van der Waals surface area contributed by atoms with Crippen LogP contribution in [-0.4, -0.2) is 22.5 Å². The van der Waals surface area contributed by atoms with Gasteiger partial charge in [0, 0.05) is 11.8 Å². The average molecular weight is 326 g/mol. The maximum atomic E-state index is 14.8.